The van der Waals surface area contributed by atoms with E-state index in [1.165, 1.54) is 16.9 Å². The van der Waals surface area contributed by atoms with Crippen LogP contribution in [-0.4, -0.2) is 29.9 Å². The molecule has 0 radical (unpaired) electrons. The number of hydrogen-bond donors (Lipinski definition) is 1. The van der Waals surface area contributed by atoms with E-state index < -0.39 is 0 Å². The van der Waals surface area contributed by atoms with Gasteiger partial charge in [0, 0.05) is 30.1 Å². The summed E-state index contributed by atoms with van der Waals surface area (Å²) in [7, 11) is 0. The third kappa shape index (κ3) is 4.45. The van der Waals surface area contributed by atoms with Gasteiger partial charge in [-0.05, 0) is 36.6 Å². The van der Waals surface area contributed by atoms with Crippen LogP contribution in [0.2, 0.25) is 0 Å². The number of nitrogens with zero attached hydrogens (tertiary/aromatic N) is 1. The molecule has 1 aliphatic rings. The Labute approximate surface area is 180 Å². The fourth-order valence-electron chi connectivity index (χ4n) is 3.68. The van der Waals surface area contributed by atoms with Crippen molar-refractivity contribution in [3.05, 3.63) is 87.1 Å². The Balaban J connectivity index is 1.60. The second-order valence-corrected chi connectivity index (χ2v) is 8.30. The van der Waals surface area contributed by atoms with E-state index in [2.05, 4.69) is 22.3 Å². The van der Waals surface area contributed by atoms with Gasteiger partial charge in [-0.3, -0.25) is 9.69 Å². The highest BCUT2D eigenvalue weighted by Crippen LogP contribution is 2.38. The van der Waals surface area contributed by atoms with Crippen LogP contribution < -0.4 is 5.32 Å². The summed E-state index contributed by atoms with van der Waals surface area (Å²) in [5.41, 5.74) is 3.49. The first-order valence-corrected chi connectivity index (χ1v) is 10.9. The van der Waals surface area contributed by atoms with Crippen molar-refractivity contribution in [2.45, 2.75) is 26.4 Å². The summed E-state index contributed by atoms with van der Waals surface area (Å²) in [6, 6.07) is 19.4. The van der Waals surface area contributed by atoms with Crippen molar-refractivity contribution in [3.8, 4) is 0 Å². The van der Waals surface area contributed by atoms with Gasteiger partial charge in [0.05, 0.1) is 12.3 Å². The van der Waals surface area contributed by atoms with Gasteiger partial charge in [-0.1, -0.05) is 48.5 Å². The van der Waals surface area contributed by atoms with Crippen molar-refractivity contribution in [2.24, 2.45) is 0 Å². The van der Waals surface area contributed by atoms with Crippen LogP contribution in [0.3, 0.4) is 0 Å². The first-order chi connectivity index (χ1) is 14.7. The zero-order chi connectivity index (χ0) is 20.9. The highest BCUT2D eigenvalue weighted by atomic mass is 32.1. The molecule has 0 unspecified atom stereocenters. The zero-order valence-corrected chi connectivity index (χ0v) is 17.7. The largest absolute Gasteiger partial charge is 0.462 e. The predicted molar refractivity (Wildman–Crippen MR) is 119 cm³/mol. The molecule has 30 heavy (non-hydrogen) atoms. The van der Waals surface area contributed by atoms with Crippen LogP contribution in [0.5, 0.6) is 0 Å². The number of esters is 1. The average Bonchev–Trinajstić information content (AvgIpc) is 3.13. The van der Waals surface area contributed by atoms with Gasteiger partial charge in [-0.2, -0.15) is 0 Å². The first kappa shape index (κ1) is 20.3. The second kappa shape index (κ2) is 9.24. The Kier molecular flexibility index (Phi) is 6.26. The minimum atomic E-state index is -0.380. The molecule has 5 nitrogen and oxygen atoms in total. The zero-order valence-electron chi connectivity index (χ0n) is 16.9. The maximum atomic E-state index is 12.8. The third-order valence-electron chi connectivity index (χ3n) is 5.12. The SMILES string of the molecule is CCOC(=O)c1sc2c(c1NC(=O)c1ccccc1)CCN(Cc1ccccc1)C2. The number of benzene rings is 2. The summed E-state index contributed by atoms with van der Waals surface area (Å²) < 4.78 is 5.26. The van der Waals surface area contributed by atoms with Gasteiger partial charge in [-0.25, -0.2) is 4.79 Å². The lowest BCUT2D eigenvalue weighted by atomic mass is 10.0. The van der Waals surface area contributed by atoms with Crippen LogP contribution in [0.1, 0.15) is 43.0 Å². The molecule has 0 saturated carbocycles. The molecule has 0 saturated heterocycles. The van der Waals surface area contributed by atoms with E-state index in [1.54, 1.807) is 19.1 Å². The summed E-state index contributed by atoms with van der Waals surface area (Å²) in [4.78, 5) is 29.3. The normalized spacial score (nSPS) is 13.5. The minimum absolute atomic E-state index is 0.214. The average molecular weight is 421 g/mol. The van der Waals surface area contributed by atoms with Gasteiger partial charge in [-0.15, -0.1) is 11.3 Å². The minimum Gasteiger partial charge on any atom is -0.462 e. The molecular weight excluding hydrogens is 396 g/mol. The highest BCUT2D eigenvalue weighted by Gasteiger charge is 2.29. The van der Waals surface area contributed by atoms with E-state index >= 15 is 0 Å². The smallest absolute Gasteiger partial charge is 0.350 e. The highest BCUT2D eigenvalue weighted by molar-refractivity contribution is 7.14. The maximum absolute atomic E-state index is 12.8. The number of carbonyl (C=O) groups is 2. The van der Waals surface area contributed by atoms with Gasteiger partial charge in [0.1, 0.15) is 4.88 Å². The molecule has 4 rings (SSSR count). The molecular formula is C24H24N2O3S. The van der Waals surface area contributed by atoms with Gasteiger partial charge in [0.2, 0.25) is 0 Å². The monoisotopic (exact) mass is 420 g/mol. The number of ether oxygens (including phenoxy) is 1. The molecule has 1 N–H and O–H groups in total. The number of carbonyl (C=O) groups excluding carboxylic acids is 2. The molecule has 6 heteroatoms. The number of anilines is 1. The van der Waals surface area contributed by atoms with E-state index in [4.69, 9.17) is 4.74 Å². The molecule has 0 atom stereocenters. The van der Waals surface area contributed by atoms with Gasteiger partial charge >= 0.3 is 5.97 Å². The molecule has 1 amide bonds. The number of fused-ring (bicyclic) bond motifs is 1. The van der Waals surface area contributed by atoms with E-state index in [0.717, 1.165) is 36.5 Å². The van der Waals surface area contributed by atoms with Gasteiger partial charge < -0.3 is 10.1 Å². The van der Waals surface area contributed by atoms with Crippen LogP contribution in [0.4, 0.5) is 5.69 Å². The Hall–Kier alpha value is -2.96. The molecule has 2 heterocycles. The Bertz CT molecular complexity index is 1030. The first-order valence-electron chi connectivity index (χ1n) is 10.1. The molecule has 154 valence electrons. The number of nitrogens with one attached hydrogen (secondary N) is 1. The third-order valence-corrected chi connectivity index (χ3v) is 6.32. The fraction of sp³-hybridized carbons (Fsp3) is 0.250. The van der Waals surface area contributed by atoms with Gasteiger partial charge in [0.25, 0.3) is 5.91 Å². The van der Waals surface area contributed by atoms with E-state index in [1.807, 2.05) is 36.4 Å². The van der Waals surface area contributed by atoms with Crippen molar-refractivity contribution in [2.75, 3.05) is 18.5 Å². The Morgan fingerprint density at radius 3 is 2.47 bits per heavy atom. The number of rotatable bonds is 6. The summed E-state index contributed by atoms with van der Waals surface area (Å²) in [5.74, 6) is -0.594. The van der Waals surface area contributed by atoms with Crippen molar-refractivity contribution in [3.63, 3.8) is 0 Å². The second-order valence-electron chi connectivity index (χ2n) is 7.19. The van der Waals surface area contributed by atoms with Crippen LogP contribution in [0.15, 0.2) is 60.7 Å². The molecule has 1 aromatic heterocycles. The molecule has 0 spiro atoms. The van der Waals surface area contributed by atoms with Crippen molar-refractivity contribution < 1.29 is 14.3 Å². The Morgan fingerprint density at radius 2 is 1.77 bits per heavy atom. The molecule has 0 aliphatic carbocycles. The number of hydrogen-bond acceptors (Lipinski definition) is 5. The van der Waals surface area contributed by atoms with Crippen molar-refractivity contribution in [1.82, 2.24) is 4.90 Å². The van der Waals surface area contributed by atoms with Gasteiger partial charge in [0.15, 0.2) is 0 Å². The summed E-state index contributed by atoms with van der Waals surface area (Å²) >= 11 is 1.43. The quantitative estimate of drug-likeness (QED) is 0.586. The lowest BCUT2D eigenvalue weighted by Crippen LogP contribution is -2.29. The maximum Gasteiger partial charge on any atom is 0.350 e. The lowest BCUT2D eigenvalue weighted by Gasteiger charge is -2.27. The molecule has 1 aliphatic heterocycles. The number of thiophene rings is 1. The molecule has 0 bridgehead atoms. The van der Waals surface area contributed by atoms with Crippen LogP contribution in [0.25, 0.3) is 0 Å². The van der Waals surface area contributed by atoms with E-state index in [0.29, 0.717) is 22.7 Å². The molecule has 3 aromatic rings. The number of amides is 1. The summed E-state index contributed by atoms with van der Waals surface area (Å²) in [6.45, 7) is 4.57. The lowest BCUT2D eigenvalue weighted by molar-refractivity contribution is 0.0533. The summed E-state index contributed by atoms with van der Waals surface area (Å²) in [6.07, 6.45) is 0.780. The van der Waals surface area contributed by atoms with E-state index in [9.17, 15) is 9.59 Å². The summed E-state index contributed by atoms with van der Waals surface area (Å²) in [5, 5.41) is 2.99. The predicted octanol–water partition coefficient (Wildman–Crippen LogP) is 4.74. The van der Waals surface area contributed by atoms with Crippen LogP contribution >= 0.6 is 11.3 Å². The van der Waals surface area contributed by atoms with E-state index in [-0.39, 0.29) is 11.9 Å². The van der Waals surface area contributed by atoms with Crippen LogP contribution in [0, 0.1) is 0 Å². The Morgan fingerprint density at radius 1 is 1.07 bits per heavy atom. The molecule has 0 fully saturated rings. The van der Waals surface area contributed by atoms with Crippen molar-refractivity contribution >= 4 is 28.9 Å². The van der Waals surface area contributed by atoms with Crippen molar-refractivity contribution in [1.29, 1.82) is 0 Å². The van der Waals surface area contributed by atoms with Crippen LogP contribution in [-0.2, 0) is 24.2 Å². The molecule has 2 aromatic carbocycles. The fourth-order valence-corrected chi connectivity index (χ4v) is 4.92. The topological polar surface area (TPSA) is 58.6 Å². The standard InChI is InChI=1S/C24H24N2O3S/c1-2-29-24(28)22-21(25-23(27)18-11-7-4-8-12-18)19-13-14-26(16-20(19)30-22)15-17-9-5-3-6-10-17/h3-12H,2,13-16H2,1H3,(H,25,27).